The van der Waals surface area contributed by atoms with Gasteiger partial charge in [0.25, 0.3) is 0 Å². The first-order valence-electron chi connectivity index (χ1n) is 9.13. The molecule has 0 saturated carbocycles. The number of methoxy groups -OCH3 is 2. The second kappa shape index (κ2) is 7.60. The average Bonchev–Trinajstić information content (AvgIpc) is 2.58. The van der Waals surface area contributed by atoms with Gasteiger partial charge in [0.2, 0.25) is 11.6 Å². The highest BCUT2D eigenvalue weighted by atomic mass is 28.4. The maximum absolute atomic E-state index is 12.7. The highest BCUT2D eigenvalue weighted by molar-refractivity contribution is 6.74. The zero-order valence-corrected chi connectivity index (χ0v) is 18.6. The zero-order chi connectivity index (χ0) is 20.6. The molecule has 0 aromatic heterocycles. The largest absolute Gasteiger partial charge is 0.496 e. The molecule has 1 aliphatic carbocycles. The van der Waals surface area contributed by atoms with E-state index in [2.05, 4.69) is 33.9 Å². The average molecular weight is 391 g/mol. The fourth-order valence-electron chi connectivity index (χ4n) is 2.89. The summed E-state index contributed by atoms with van der Waals surface area (Å²) in [6.07, 6.45) is 2.17. The quantitative estimate of drug-likeness (QED) is 0.526. The molecule has 0 N–H and O–H groups in total. The van der Waals surface area contributed by atoms with Crippen LogP contribution in [0.2, 0.25) is 18.1 Å². The first kappa shape index (κ1) is 21.4. The third-order valence-electron chi connectivity index (χ3n) is 5.65. The van der Waals surface area contributed by atoms with E-state index in [9.17, 15) is 9.59 Å². The summed E-state index contributed by atoms with van der Waals surface area (Å²) in [4.78, 5) is 25.2. The van der Waals surface area contributed by atoms with E-state index in [0.29, 0.717) is 41.2 Å². The molecule has 0 atom stereocenters. The maximum Gasteiger partial charge on any atom is 0.234 e. The van der Waals surface area contributed by atoms with Crippen molar-refractivity contribution in [3.05, 3.63) is 28.3 Å². The number of carbonyl (C=O) groups is 2. The lowest BCUT2D eigenvalue weighted by atomic mass is 9.87. The molecule has 5 nitrogen and oxygen atoms in total. The topological polar surface area (TPSA) is 61.8 Å². The maximum atomic E-state index is 12.7. The van der Waals surface area contributed by atoms with Crippen molar-refractivity contribution < 1.29 is 23.5 Å². The van der Waals surface area contributed by atoms with Crippen molar-refractivity contribution in [3.8, 4) is 11.5 Å². The molecule has 0 radical (unpaired) electrons. The van der Waals surface area contributed by atoms with Crippen LogP contribution in [-0.2, 0) is 9.22 Å². The van der Waals surface area contributed by atoms with Gasteiger partial charge in [-0.25, -0.2) is 0 Å². The summed E-state index contributed by atoms with van der Waals surface area (Å²) >= 11 is 0. The van der Waals surface area contributed by atoms with E-state index < -0.39 is 19.9 Å². The number of Topliss-reactive ketones (excluding diaryl/α,β-unsaturated/α-hetero) is 2. The molecule has 0 saturated heterocycles. The van der Waals surface area contributed by atoms with Crippen molar-refractivity contribution in [3.63, 3.8) is 0 Å². The number of hydrogen-bond donors (Lipinski definition) is 0. The van der Waals surface area contributed by atoms with Gasteiger partial charge in [0.05, 0.1) is 14.2 Å². The van der Waals surface area contributed by atoms with E-state index in [4.69, 9.17) is 13.9 Å². The summed E-state index contributed by atoms with van der Waals surface area (Å²) in [5.74, 6) is 0.0959. The third-order valence-corrected chi connectivity index (χ3v) is 10.2. The second-order valence-electron chi connectivity index (χ2n) is 8.38. The van der Waals surface area contributed by atoms with Crippen LogP contribution in [0.15, 0.2) is 11.6 Å². The second-order valence-corrected chi connectivity index (χ2v) is 13.2. The summed E-state index contributed by atoms with van der Waals surface area (Å²) < 4.78 is 17.0. The monoisotopic (exact) mass is 390 g/mol. The van der Waals surface area contributed by atoms with E-state index >= 15 is 0 Å². The Balaban J connectivity index is 2.35. The number of rotatable bonds is 6. The lowest BCUT2D eigenvalue weighted by Crippen LogP contribution is -2.41. The van der Waals surface area contributed by atoms with Gasteiger partial charge in [0.1, 0.15) is 11.5 Å². The molecule has 0 unspecified atom stereocenters. The van der Waals surface area contributed by atoms with Gasteiger partial charge in [-0.05, 0) is 43.6 Å². The molecule has 0 amide bonds. The predicted octanol–water partition coefficient (Wildman–Crippen LogP) is 4.57. The Bertz CT molecular complexity index is 800. The Morgan fingerprint density at radius 2 is 1.67 bits per heavy atom. The highest BCUT2D eigenvalue weighted by Crippen LogP contribution is 2.39. The number of fused-ring (bicyclic) bond motifs is 1. The molecular weight excluding hydrogens is 360 g/mol. The SMILES string of the molecule is COc1cc2c(c(OC)c1C)C=C(CCO[Si](C)(C)C(C)(C)C)C(=O)C2=O. The van der Waals surface area contributed by atoms with Gasteiger partial charge in [-0.2, -0.15) is 0 Å². The number of ether oxygens (including phenoxy) is 2. The summed E-state index contributed by atoms with van der Waals surface area (Å²) in [6, 6.07) is 1.62. The standard InChI is InChI=1S/C21H30O5Si/c1-13-17(24-5)12-15-16(20(13)25-6)11-14(18(22)19(15)23)9-10-26-27(7,8)21(2,3)4/h11-12H,9-10H2,1-8H3. The van der Waals surface area contributed by atoms with Crippen molar-refractivity contribution >= 4 is 26.0 Å². The molecule has 6 heteroatoms. The molecule has 0 spiro atoms. The number of carbonyl (C=O) groups excluding carboxylic acids is 2. The van der Waals surface area contributed by atoms with E-state index in [1.54, 1.807) is 19.3 Å². The lowest BCUT2D eigenvalue weighted by molar-refractivity contribution is -0.112. The van der Waals surface area contributed by atoms with Gasteiger partial charge in [0, 0.05) is 28.9 Å². The molecule has 0 bridgehead atoms. The molecule has 1 aromatic carbocycles. The summed E-state index contributed by atoms with van der Waals surface area (Å²) in [7, 11) is 1.18. The van der Waals surface area contributed by atoms with Gasteiger partial charge in [-0.3, -0.25) is 9.59 Å². The van der Waals surface area contributed by atoms with Crippen molar-refractivity contribution in [2.45, 2.75) is 52.2 Å². The first-order valence-corrected chi connectivity index (χ1v) is 12.0. The van der Waals surface area contributed by atoms with Crippen LogP contribution in [0.4, 0.5) is 0 Å². The smallest absolute Gasteiger partial charge is 0.234 e. The van der Waals surface area contributed by atoms with Crippen molar-refractivity contribution in [1.82, 2.24) is 0 Å². The van der Waals surface area contributed by atoms with Crippen molar-refractivity contribution in [1.29, 1.82) is 0 Å². The van der Waals surface area contributed by atoms with Crippen LogP contribution in [0, 0.1) is 6.92 Å². The van der Waals surface area contributed by atoms with Gasteiger partial charge < -0.3 is 13.9 Å². The number of ketones is 2. The van der Waals surface area contributed by atoms with E-state index in [1.165, 1.54) is 7.11 Å². The van der Waals surface area contributed by atoms with Gasteiger partial charge in [-0.1, -0.05) is 20.8 Å². The Labute approximate surface area is 162 Å². The summed E-state index contributed by atoms with van der Waals surface area (Å²) in [5.41, 5.74) is 2.24. The Hall–Kier alpha value is -1.92. The predicted molar refractivity (Wildman–Crippen MR) is 109 cm³/mol. The Kier molecular flexibility index (Phi) is 6.02. The number of hydrogen-bond acceptors (Lipinski definition) is 5. The zero-order valence-electron chi connectivity index (χ0n) is 17.6. The molecule has 27 heavy (non-hydrogen) atoms. The van der Waals surface area contributed by atoms with Crippen LogP contribution in [0.5, 0.6) is 11.5 Å². The molecule has 0 aliphatic heterocycles. The van der Waals surface area contributed by atoms with Crippen LogP contribution in [-0.4, -0.2) is 40.7 Å². The Morgan fingerprint density at radius 1 is 1.04 bits per heavy atom. The van der Waals surface area contributed by atoms with Crippen LogP contribution < -0.4 is 9.47 Å². The van der Waals surface area contributed by atoms with Gasteiger partial charge >= 0.3 is 0 Å². The van der Waals surface area contributed by atoms with Gasteiger partial charge in [0.15, 0.2) is 8.32 Å². The van der Waals surface area contributed by atoms with Crippen LogP contribution in [0.25, 0.3) is 6.08 Å². The Morgan fingerprint density at radius 3 is 2.19 bits per heavy atom. The summed E-state index contributed by atoms with van der Waals surface area (Å²) in [5, 5.41) is 0.0945. The minimum atomic E-state index is -1.90. The van der Waals surface area contributed by atoms with Crippen LogP contribution in [0.1, 0.15) is 48.7 Å². The number of benzene rings is 1. The summed E-state index contributed by atoms with van der Waals surface area (Å²) in [6.45, 7) is 13.1. The highest BCUT2D eigenvalue weighted by Gasteiger charge is 2.37. The van der Waals surface area contributed by atoms with Crippen molar-refractivity contribution in [2.24, 2.45) is 0 Å². The molecule has 0 heterocycles. The molecule has 2 rings (SSSR count). The minimum absolute atomic E-state index is 0.0945. The minimum Gasteiger partial charge on any atom is -0.496 e. The molecule has 1 aliphatic rings. The van der Waals surface area contributed by atoms with E-state index in [1.807, 2.05) is 6.92 Å². The first-order chi connectivity index (χ1) is 12.4. The fourth-order valence-corrected chi connectivity index (χ4v) is 3.93. The normalized spacial score (nSPS) is 14.7. The third kappa shape index (κ3) is 4.01. The lowest BCUT2D eigenvalue weighted by Gasteiger charge is -2.36. The van der Waals surface area contributed by atoms with Crippen LogP contribution in [0.3, 0.4) is 0 Å². The van der Waals surface area contributed by atoms with E-state index in [0.717, 1.165) is 5.56 Å². The van der Waals surface area contributed by atoms with Gasteiger partial charge in [-0.15, -0.1) is 0 Å². The fraction of sp³-hybridized carbons (Fsp3) is 0.524. The molecular formula is C21H30O5Si. The molecule has 0 fully saturated rings. The van der Waals surface area contributed by atoms with Crippen molar-refractivity contribution in [2.75, 3.05) is 20.8 Å². The van der Waals surface area contributed by atoms with E-state index in [-0.39, 0.29) is 5.04 Å². The molecule has 1 aromatic rings. The van der Waals surface area contributed by atoms with Crippen LogP contribution >= 0.6 is 0 Å². The molecule has 148 valence electrons.